The summed E-state index contributed by atoms with van der Waals surface area (Å²) >= 11 is 2.13. The molecule has 0 saturated carbocycles. The number of hydrogen-bond acceptors (Lipinski definition) is 5. The molecule has 3 rings (SSSR count). The number of benzene rings is 3. The molecule has 1 N–H and O–H groups in total. The normalized spacial score (nSPS) is 10.7. The van der Waals surface area contributed by atoms with Gasteiger partial charge in [-0.15, -0.1) is 0 Å². The van der Waals surface area contributed by atoms with Gasteiger partial charge in [-0.3, -0.25) is 4.79 Å². The van der Waals surface area contributed by atoms with Crippen molar-refractivity contribution in [1.82, 2.24) is 0 Å². The van der Waals surface area contributed by atoms with Gasteiger partial charge in [-0.05, 0) is 96.5 Å². The third-order valence-corrected chi connectivity index (χ3v) is 6.08. The fraction of sp³-hybridized carbons (Fsp3) is 0.179. The Morgan fingerprint density at radius 1 is 1.06 bits per heavy atom. The van der Waals surface area contributed by atoms with Crippen LogP contribution in [0.4, 0.5) is 5.69 Å². The summed E-state index contributed by atoms with van der Waals surface area (Å²) in [4.78, 5) is 12.7. The first kappa shape index (κ1) is 25.8. The third kappa shape index (κ3) is 6.62. The van der Waals surface area contributed by atoms with E-state index in [0.717, 1.165) is 20.3 Å². The van der Waals surface area contributed by atoms with Crippen molar-refractivity contribution in [3.05, 3.63) is 91.6 Å². The van der Waals surface area contributed by atoms with Crippen LogP contribution in [0.2, 0.25) is 0 Å². The number of hydrogen-bond donors (Lipinski definition) is 1. The molecule has 0 bridgehead atoms. The van der Waals surface area contributed by atoms with Gasteiger partial charge in [0, 0.05) is 11.3 Å². The number of nitriles is 2. The van der Waals surface area contributed by atoms with Crippen molar-refractivity contribution in [2.24, 2.45) is 0 Å². The van der Waals surface area contributed by atoms with Gasteiger partial charge in [-0.25, -0.2) is 0 Å². The highest BCUT2D eigenvalue weighted by atomic mass is 127. The zero-order valence-corrected chi connectivity index (χ0v) is 21.8. The van der Waals surface area contributed by atoms with Crippen molar-refractivity contribution >= 4 is 40.3 Å². The van der Waals surface area contributed by atoms with Gasteiger partial charge in [-0.1, -0.05) is 24.3 Å². The molecular weight excluding hydrogens is 553 g/mol. The van der Waals surface area contributed by atoms with Crippen LogP contribution in [0.15, 0.2) is 60.2 Å². The molecule has 6 nitrogen and oxygen atoms in total. The Balaban J connectivity index is 1.87. The second-order valence-electron chi connectivity index (χ2n) is 7.74. The molecule has 0 radical (unpaired) electrons. The average Bonchev–Trinajstić information content (AvgIpc) is 2.84. The fourth-order valence-electron chi connectivity index (χ4n) is 3.31. The number of anilines is 1. The minimum absolute atomic E-state index is 0.0295. The maximum Gasteiger partial charge on any atom is 0.266 e. The van der Waals surface area contributed by atoms with E-state index in [1.54, 1.807) is 12.1 Å². The summed E-state index contributed by atoms with van der Waals surface area (Å²) < 4.78 is 12.6. The van der Waals surface area contributed by atoms with Crippen molar-refractivity contribution in [1.29, 1.82) is 10.5 Å². The van der Waals surface area contributed by atoms with Gasteiger partial charge in [0.2, 0.25) is 0 Å². The average molecular weight is 577 g/mol. The van der Waals surface area contributed by atoms with E-state index in [1.807, 2.05) is 69.3 Å². The lowest BCUT2D eigenvalue weighted by Crippen LogP contribution is -2.13. The molecule has 0 spiro atoms. The molecule has 0 aliphatic rings. The van der Waals surface area contributed by atoms with E-state index in [9.17, 15) is 15.3 Å². The lowest BCUT2D eigenvalue weighted by molar-refractivity contribution is -0.112. The van der Waals surface area contributed by atoms with Crippen LogP contribution in [-0.2, 0) is 11.4 Å². The lowest BCUT2D eigenvalue weighted by atomic mass is 10.1. The molecule has 0 aliphatic carbocycles. The van der Waals surface area contributed by atoms with Gasteiger partial charge >= 0.3 is 0 Å². The van der Waals surface area contributed by atoms with E-state index < -0.39 is 5.91 Å². The topological polar surface area (TPSA) is 95.1 Å². The minimum Gasteiger partial charge on any atom is -0.490 e. The van der Waals surface area contributed by atoms with Crippen molar-refractivity contribution in [3.63, 3.8) is 0 Å². The Morgan fingerprint density at radius 3 is 2.51 bits per heavy atom. The quantitative estimate of drug-likeness (QED) is 0.193. The van der Waals surface area contributed by atoms with Crippen molar-refractivity contribution in [3.8, 4) is 23.6 Å². The van der Waals surface area contributed by atoms with E-state index in [0.29, 0.717) is 34.9 Å². The van der Waals surface area contributed by atoms with Gasteiger partial charge < -0.3 is 14.8 Å². The van der Waals surface area contributed by atoms with Crippen LogP contribution in [-0.4, -0.2) is 12.5 Å². The van der Waals surface area contributed by atoms with Crippen LogP contribution in [0.1, 0.15) is 34.7 Å². The Kier molecular flexibility index (Phi) is 8.88. The number of halogens is 1. The monoisotopic (exact) mass is 577 g/mol. The maximum atomic E-state index is 12.7. The minimum atomic E-state index is -0.489. The molecule has 1 amide bonds. The van der Waals surface area contributed by atoms with E-state index in [1.165, 1.54) is 6.08 Å². The van der Waals surface area contributed by atoms with E-state index >= 15 is 0 Å². The maximum absolute atomic E-state index is 12.7. The Morgan fingerprint density at radius 2 is 1.83 bits per heavy atom. The zero-order valence-electron chi connectivity index (χ0n) is 19.7. The summed E-state index contributed by atoms with van der Waals surface area (Å²) in [5, 5.41) is 21.7. The SMILES string of the molecule is CCOc1cc(/C=C(\C#N)C(=O)Nc2ccc(C)c(C)c2)cc(I)c1OCc1ccccc1C#N. The summed E-state index contributed by atoms with van der Waals surface area (Å²) in [6.45, 7) is 6.44. The fourth-order valence-corrected chi connectivity index (χ4v) is 4.09. The molecule has 0 heterocycles. The van der Waals surface area contributed by atoms with E-state index in [4.69, 9.17) is 9.47 Å². The Labute approximate surface area is 218 Å². The lowest BCUT2D eigenvalue weighted by Gasteiger charge is -2.15. The van der Waals surface area contributed by atoms with Gasteiger partial charge in [-0.2, -0.15) is 10.5 Å². The predicted molar refractivity (Wildman–Crippen MR) is 144 cm³/mol. The van der Waals surface area contributed by atoms with Crippen LogP contribution in [0, 0.1) is 40.1 Å². The number of amides is 1. The first-order valence-electron chi connectivity index (χ1n) is 10.9. The largest absolute Gasteiger partial charge is 0.490 e. The number of nitrogens with one attached hydrogen (secondary N) is 1. The highest BCUT2D eigenvalue weighted by molar-refractivity contribution is 14.1. The number of carbonyl (C=O) groups excluding carboxylic acids is 1. The molecule has 35 heavy (non-hydrogen) atoms. The van der Waals surface area contributed by atoms with Gasteiger partial charge in [0.25, 0.3) is 5.91 Å². The molecule has 0 aromatic heterocycles. The first-order valence-corrected chi connectivity index (χ1v) is 12.0. The first-order chi connectivity index (χ1) is 16.9. The summed E-state index contributed by atoms with van der Waals surface area (Å²) in [5.74, 6) is 0.541. The molecule has 3 aromatic carbocycles. The van der Waals surface area contributed by atoms with Crippen molar-refractivity contribution < 1.29 is 14.3 Å². The Hall–Kier alpha value is -3.82. The van der Waals surface area contributed by atoms with Crippen molar-refractivity contribution in [2.45, 2.75) is 27.4 Å². The zero-order chi connectivity index (χ0) is 25.4. The highest BCUT2D eigenvalue weighted by Crippen LogP contribution is 2.35. The van der Waals surface area contributed by atoms with Crippen LogP contribution in [0.5, 0.6) is 11.5 Å². The van der Waals surface area contributed by atoms with E-state index in [2.05, 4.69) is 34.0 Å². The second-order valence-corrected chi connectivity index (χ2v) is 8.91. The summed E-state index contributed by atoms with van der Waals surface area (Å²) in [5.41, 5.74) is 4.72. The Bertz CT molecular complexity index is 1370. The van der Waals surface area contributed by atoms with Crippen LogP contribution >= 0.6 is 22.6 Å². The van der Waals surface area contributed by atoms with Gasteiger partial charge in [0.05, 0.1) is 21.8 Å². The summed E-state index contributed by atoms with van der Waals surface area (Å²) in [6, 6.07) is 20.6. The molecule has 0 atom stereocenters. The van der Waals surface area contributed by atoms with Gasteiger partial charge in [0.15, 0.2) is 11.5 Å². The standard InChI is InChI=1S/C28H24IN3O3/c1-4-34-26-14-20(12-23(16-31)28(33)32-24-10-9-18(2)19(3)11-24)13-25(29)27(26)35-17-22-8-6-5-7-21(22)15-30/h5-14H,4,17H2,1-3H3,(H,32,33)/b23-12+. The summed E-state index contributed by atoms with van der Waals surface area (Å²) in [6.07, 6.45) is 1.52. The molecule has 0 fully saturated rings. The van der Waals surface area contributed by atoms with Crippen LogP contribution < -0.4 is 14.8 Å². The number of ether oxygens (including phenoxy) is 2. The number of aryl methyl sites for hydroxylation is 2. The van der Waals surface area contributed by atoms with Crippen molar-refractivity contribution in [2.75, 3.05) is 11.9 Å². The molecule has 0 unspecified atom stereocenters. The number of rotatable bonds is 8. The smallest absolute Gasteiger partial charge is 0.266 e. The molecule has 0 saturated heterocycles. The predicted octanol–water partition coefficient (Wildman–Crippen LogP) is 6.30. The molecule has 7 heteroatoms. The van der Waals surface area contributed by atoms with Crippen LogP contribution in [0.3, 0.4) is 0 Å². The second kappa shape index (κ2) is 12.0. The highest BCUT2D eigenvalue weighted by Gasteiger charge is 2.15. The number of carbonyl (C=O) groups is 1. The third-order valence-electron chi connectivity index (χ3n) is 5.28. The molecule has 176 valence electrons. The van der Waals surface area contributed by atoms with Crippen LogP contribution in [0.25, 0.3) is 6.08 Å². The van der Waals surface area contributed by atoms with E-state index in [-0.39, 0.29) is 12.2 Å². The van der Waals surface area contributed by atoms with Gasteiger partial charge in [0.1, 0.15) is 18.2 Å². The molecular formula is C28H24IN3O3. The molecule has 0 aliphatic heterocycles. The molecule has 3 aromatic rings. The summed E-state index contributed by atoms with van der Waals surface area (Å²) in [7, 11) is 0. The number of nitrogens with zero attached hydrogens (tertiary/aromatic N) is 2.